The monoisotopic (exact) mass is 549 g/mol. The summed E-state index contributed by atoms with van der Waals surface area (Å²) in [7, 11) is -6.94. The van der Waals surface area contributed by atoms with E-state index in [0.29, 0.717) is 5.56 Å². The van der Waals surface area contributed by atoms with Gasteiger partial charge >= 0.3 is 5.91 Å². The van der Waals surface area contributed by atoms with Gasteiger partial charge in [0.05, 0.1) is 22.8 Å². The van der Waals surface area contributed by atoms with Crippen LogP contribution in [0.4, 0.5) is 0 Å². The van der Waals surface area contributed by atoms with Crippen molar-refractivity contribution in [3.05, 3.63) is 89.0 Å². The number of pyridine rings is 1. The number of aromatic nitrogens is 2. The Bertz CT molecular complexity index is 1630. The summed E-state index contributed by atoms with van der Waals surface area (Å²) in [5.41, 5.74) is 1.19. The van der Waals surface area contributed by atoms with E-state index >= 15 is 0 Å². The lowest BCUT2D eigenvalue weighted by Gasteiger charge is -2.10. The number of hydrogen-bond acceptors (Lipinski definition) is 8. The van der Waals surface area contributed by atoms with Crippen LogP contribution < -0.4 is 9.46 Å². The van der Waals surface area contributed by atoms with Gasteiger partial charge in [0.1, 0.15) is 5.69 Å². The van der Waals surface area contributed by atoms with Gasteiger partial charge in [-0.15, -0.1) is 0 Å². The molecule has 0 aliphatic carbocycles. The first-order valence-corrected chi connectivity index (χ1v) is 13.8. The largest absolute Gasteiger partial charge is 0.492 e. The molecule has 0 aliphatic rings. The van der Waals surface area contributed by atoms with Crippen LogP contribution in [0.2, 0.25) is 5.02 Å². The van der Waals surface area contributed by atoms with Crippen LogP contribution in [-0.2, 0) is 25.8 Å². The number of benzene rings is 1. The number of aryl methyl sites for hydroxylation is 1. The summed E-state index contributed by atoms with van der Waals surface area (Å²) in [6.45, 7) is 1.83. The zero-order valence-corrected chi connectivity index (χ0v) is 21.4. The molecule has 4 rings (SSSR count). The maximum absolute atomic E-state index is 13.3. The molecule has 0 atom stereocenters. The first kappa shape index (κ1) is 25.5. The Morgan fingerprint density at radius 3 is 2.50 bits per heavy atom. The van der Waals surface area contributed by atoms with Crippen molar-refractivity contribution >= 4 is 37.6 Å². The zero-order valence-electron chi connectivity index (χ0n) is 19.0. The molecule has 0 saturated heterocycles. The minimum Gasteiger partial charge on any atom is -0.492 e. The van der Waals surface area contributed by atoms with Crippen LogP contribution >= 0.6 is 11.6 Å². The van der Waals surface area contributed by atoms with Crippen molar-refractivity contribution in [1.29, 1.82) is 0 Å². The lowest BCUT2D eigenvalue weighted by molar-refractivity contribution is 0.0951. The van der Waals surface area contributed by atoms with E-state index in [9.17, 15) is 21.6 Å². The Hall–Kier alpha value is -3.61. The quantitative estimate of drug-likeness (QED) is 0.352. The zero-order chi connectivity index (χ0) is 26.1. The first-order valence-electron chi connectivity index (χ1n) is 10.3. The third-order valence-electron chi connectivity index (χ3n) is 5.07. The molecule has 0 aliphatic heterocycles. The second kappa shape index (κ2) is 9.80. The first-order chi connectivity index (χ1) is 17.0. The predicted octanol–water partition coefficient (Wildman–Crippen LogP) is 3.61. The molecular formula is C23H20ClN3O7S2. The van der Waals surface area contributed by atoms with Gasteiger partial charge in [0, 0.05) is 24.7 Å². The van der Waals surface area contributed by atoms with Gasteiger partial charge in [-0.1, -0.05) is 35.4 Å². The Balaban J connectivity index is 1.69. The van der Waals surface area contributed by atoms with Gasteiger partial charge in [-0.3, -0.25) is 9.78 Å². The summed E-state index contributed by atoms with van der Waals surface area (Å²) in [5.74, 6) is -2.30. The van der Waals surface area contributed by atoms with Crippen LogP contribution in [-0.4, -0.2) is 38.8 Å². The van der Waals surface area contributed by atoms with E-state index in [0.717, 1.165) is 9.54 Å². The standard InChI is InChI=1S/C23H20ClN3O7S2/c1-15-5-7-17(8-6-15)36(31,32)27-11-9-18(24)21(27)19-12-20(33-2)22(34-19)23(28)26-35(29,30)14-16-4-3-10-25-13-16/h3-13H,14H2,1-2H3,(H,26,28). The summed E-state index contributed by atoms with van der Waals surface area (Å²) < 4.78 is 65.1. The molecule has 10 nitrogen and oxygen atoms in total. The number of rotatable bonds is 8. The average molecular weight is 550 g/mol. The van der Waals surface area contributed by atoms with E-state index in [-0.39, 0.29) is 27.1 Å². The van der Waals surface area contributed by atoms with Gasteiger partial charge in [0.2, 0.25) is 15.8 Å². The van der Waals surface area contributed by atoms with Crippen molar-refractivity contribution in [2.45, 2.75) is 17.6 Å². The van der Waals surface area contributed by atoms with Crippen LogP contribution in [0.5, 0.6) is 5.75 Å². The molecular weight excluding hydrogens is 530 g/mol. The Morgan fingerprint density at radius 2 is 1.86 bits per heavy atom. The smallest absolute Gasteiger partial charge is 0.304 e. The Labute approximate surface area is 212 Å². The van der Waals surface area contributed by atoms with E-state index in [2.05, 4.69) is 4.98 Å². The fourth-order valence-corrected chi connectivity index (χ4v) is 6.07. The summed E-state index contributed by atoms with van der Waals surface area (Å²) in [6, 6.07) is 11.9. The molecule has 0 saturated carbocycles. The maximum atomic E-state index is 13.3. The van der Waals surface area contributed by atoms with Crippen LogP contribution in [0.15, 0.2) is 76.4 Å². The molecule has 4 aromatic rings. The number of amides is 1. The number of nitrogens with zero attached hydrogens (tertiary/aromatic N) is 2. The highest BCUT2D eigenvalue weighted by atomic mass is 35.5. The van der Waals surface area contributed by atoms with E-state index in [1.165, 1.54) is 50.0 Å². The summed E-state index contributed by atoms with van der Waals surface area (Å²) in [4.78, 5) is 16.7. The normalized spacial score (nSPS) is 11.9. The molecule has 1 amide bonds. The number of ether oxygens (including phenoxy) is 1. The van der Waals surface area contributed by atoms with Gasteiger partial charge in [-0.05, 0) is 36.8 Å². The Morgan fingerprint density at radius 1 is 1.14 bits per heavy atom. The maximum Gasteiger partial charge on any atom is 0.304 e. The van der Waals surface area contributed by atoms with Crippen molar-refractivity contribution in [2.24, 2.45) is 0 Å². The molecule has 13 heteroatoms. The van der Waals surface area contributed by atoms with Crippen molar-refractivity contribution in [2.75, 3.05) is 7.11 Å². The van der Waals surface area contributed by atoms with Crippen molar-refractivity contribution in [3.8, 4) is 17.2 Å². The number of methoxy groups -OCH3 is 1. The number of carbonyl (C=O) groups is 1. The second-order valence-electron chi connectivity index (χ2n) is 7.69. The summed E-state index contributed by atoms with van der Waals surface area (Å²) in [6.07, 6.45) is 4.10. The number of hydrogen-bond donors (Lipinski definition) is 1. The average Bonchev–Trinajstić information content (AvgIpc) is 3.43. The molecule has 0 bridgehead atoms. The van der Waals surface area contributed by atoms with Gasteiger partial charge < -0.3 is 9.15 Å². The number of sulfonamides is 1. The van der Waals surface area contributed by atoms with Crippen molar-refractivity contribution < 1.29 is 30.8 Å². The van der Waals surface area contributed by atoms with Gasteiger partial charge in [-0.25, -0.2) is 25.5 Å². The third-order valence-corrected chi connectivity index (χ3v) is 8.27. The molecule has 188 valence electrons. The van der Waals surface area contributed by atoms with Crippen molar-refractivity contribution in [3.63, 3.8) is 0 Å². The molecule has 0 fully saturated rings. The fraction of sp³-hybridized carbons (Fsp3) is 0.130. The third kappa shape index (κ3) is 5.15. The molecule has 0 spiro atoms. The molecule has 1 N–H and O–H groups in total. The molecule has 0 unspecified atom stereocenters. The molecule has 0 radical (unpaired) electrons. The van der Waals surface area contributed by atoms with E-state index in [4.69, 9.17) is 20.8 Å². The highest BCUT2D eigenvalue weighted by Crippen LogP contribution is 2.37. The van der Waals surface area contributed by atoms with Gasteiger partial charge in [-0.2, -0.15) is 0 Å². The lowest BCUT2D eigenvalue weighted by Crippen LogP contribution is -2.31. The number of nitrogens with one attached hydrogen (secondary N) is 1. The van der Waals surface area contributed by atoms with Crippen LogP contribution in [0.25, 0.3) is 11.5 Å². The number of halogens is 1. The van der Waals surface area contributed by atoms with E-state index in [1.54, 1.807) is 24.3 Å². The molecule has 1 aromatic carbocycles. The van der Waals surface area contributed by atoms with E-state index < -0.39 is 37.5 Å². The SMILES string of the molecule is COc1cc(-c2c(Cl)ccn2S(=O)(=O)c2ccc(C)cc2)oc1C(=O)NS(=O)(=O)Cc1cccnc1. The summed E-state index contributed by atoms with van der Waals surface area (Å²) >= 11 is 6.29. The fourth-order valence-electron chi connectivity index (χ4n) is 3.37. The van der Waals surface area contributed by atoms with Gasteiger partial charge in [0.25, 0.3) is 10.0 Å². The topological polar surface area (TPSA) is 138 Å². The predicted molar refractivity (Wildman–Crippen MR) is 132 cm³/mol. The van der Waals surface area contributed by atoms with Crippen LogP contribution in [0, 0.1) is 6.92 Å². The minimum absolute atomic E-state index is 0.0135. The number of carbonyl (C=O) groups excluding carboxylic acids is 1. The summed E-state index contributed by atoms with van der Waals surface area (Å²) in [5, 5.41) is 0.0262. The van der Waals surface area contributed by atoms with Gasteiger partial charge in [0.15, 0.2) is 11.5 Å². The second-order valence-corrected chi connectivity index (χ2v) is 11.6. The van der Waals surface area contributed by atoms with Crippen LogP contribution in [0.1, 0.15) is 21.7 Å². The van der Waals surface area contributed by atoms with Crippen LogP contribution in [0.3, 0.4) is 0 Å². The molecule has 36 heavy (non-hydrogen) atoms. The highest BCUT2D eigenvalue weighted by molar-refractivity contribution is 7.90. The molecule has 3 heterocycles. The van der Waals surface area contributed by atoms with E-state index in [1.807, 2.05) is 11.6 Å². The highest BCUT2D eigenvalue weighted by Gasteiger charge is 2.29. The molecule has 3 aromatic heterocycles. The lowest BCUT2D eigenvalue weighted by atomic mass is 10.2. The number of furan rings is 1. The minimum atomic E-state index is -4.11. The van der Waals surface area contributed by atoms with Crippen molar-refractivity contribution in [1.82, 2.24) is 13.7 Å². The Kier molecular flexibility index (Phi) is 6.94.